The van der Waals surface area contributed by atoms with Crippen LogP contribution in [-0.4, -0.2) is 63.4 Å². The summed E-state index contributed by atoms with van der Waals surface area (Å²) in [5, 5.41) is 14.1. The number of nitrogens with zero attached hydrogens (tertiary/aromatic N) is 1. The van der Waals surface area contributed by atoms with Gasteiger partial charge in [0.1, 0.15) is 12.1 Å². The number of aromatic amines is 1. The molecule has 0 radical (unpaired) electrons. The molecule has 1 aromatic rings. The number of hydrogen-bond donors (Lipinski definition) is 7. The maximum Gasteiger partial charge on any atom is 0.326 e. The third kappa shape index (κ3) is 9.17. The number of hydrogen-bond acceptors (Lipinski definition) is 7. The molecule has 1 rings (SSSR count). The first-order valence-electron chi connectivity index (χ1n) is 9.29. The van der Waals surface area contributed by atoms with E-state index < -0.39 is 41.8 Å². The zero-order chi connectivity index (χ0) is 21.8. The van der Waals surface area contributed by atoms with Gasteiger partial charge in [0.15, 0.2) is 0 Å². The van der Waals surface area contributed by atoms with E-state index in [0.717, 1.165) is 6.42 Å². The molecule has 162 valence electrons. The second-order valence-electron chi connectivity index (χ2n) is 6.64. The molecular weight excluding hydrogens is 382 g/mol. The van der Waals surface area contributed by atoms with Crippen LogP contribution in [0.3, 0.4) is 0 Å². The van der Waals surface area contributed by atoms with Crippen molar-refractivity contribution in [3.8, 4) is 0 Å². The van der Waals surface area contributed by atoms with Crippen LogP contribution in [-0.2, 0) is 25.6 Å². The van der Waals surface area contributed by atoms with Gasteiger partial charge in [0.2, 0.25) is 17.7 Å². The Kier molecular flexibility index (Phi) is 10.3. The number of H-pyrrole nitrogens is 1. The predicted octanol–water partition coefficient (Wildman–Crippen LogP) is -2.27. The maximum absolute atomic E-state index is 12.7. The van der Waals surface area contributed by atoms with Crippen molar-refractivity contribution in [3.05, 3.63) is 18.2 Å². The second kappa shape index (κ2) is 12.5. The first-order chi connectivity index (χ1) is 13.7. The Balaban J connectivity index is 2.81. The molecule has 0 aliphatic carbocycles. The van der Waals surface area contributed by atoms with Crippen LogP contribution < -0.4 is 27.8 Å². The maximum atomic E-state index is 12.7. The van der Waals surface area contributed by atoms with Crippen molar-refractivity contribution in [2.24, 2.45) is 17.2 Å². The average molecular weight is 411 g/mol. The van der Waals surface area contributed by atoms with Crippen LogP contribution >= 0.6 is 0 Å². The van der Waals surface area contributed by atoms with Crippen LogP contribution in [0, 0.1) is 0 Å². The molecule has 0 bridgehead atoms. The number of unbranched alkanes of at least 4 members (excludes halogenated alkanes) is 1. The summed E-state index contributed by atoms with van der Waals surface area (Å²) in [5.74, 6) is -3.26. The normalized spacial score (nSPS) is 13.9. The van der Waals surface area contributed by atoms with Crippen LogP contribution in [0.25, 0.3) is 0 Å². The van der Waals surface area contributed by atoms with Gasteiger partial charge in [0.25, 0.3) is 0 Å². The van der Waals surface area contributed by atoms with Crippen LogP contribution in [0.15, 0.2) is 12.5 Å². The molecule has 0 aromatic carbocycles. The van der Waals surface area contributed by atoms with E-state index in [9.17, 15) is 24.3 Å². The number of carbonyl (C=O) groups is 4. The summed E-state index contributed by atoms with van der Waals surface area (Å²) in [6, 6.07) is -3.24. The van der Waals surface area contributed by atoms with Gasteiger partial charge in [-0.3, -0.25) is 14.4 Å². The van der Waals surface area contributed by atoms with E-state index >= 15 is 0 Å². The van der Waals surface area contributed by atoms with E-state index in [1.165, 1.54) is 12.5 Å². The average Bonchev–Trinajstić information content (AvgIpc) is 3.17. The van der Waals surface area contributed by atoms with Gasteiger partial charge in [-0.2, -0.15) is 0 Å². The highest BCUT2D eigenvalue weighted by Gasteiger charge is 2.28. The first kappa shape index (κ1) is 24.0. The van der Waals surface area contributed by atoms with Gasteiger partial charge in [-0.05, 0) is 25.8 Å². The lowest BCUT2D eigenvalue weighted by molar-refractivity contribution is -0.142. The van der Waals surface area contributed by atoms with E-state index in [2.05, 4.69) is 20.6 Å². The highest BCUT2D eigenvalue weighted by molar-refractivity contribution is 5.92. The largest absolute Gasteiger partial charge is 0.480 e. The molecule has 0 saturated heterocycles. The number of carboxylic acid groups (broad SMARTS) is 1. The molecule has 12 heteroatoms. The van der Waals surface area contributed by atoms with E-state index in [-0.39, 0.29) is 19.3 Å². The van der Waals surface area contributed by atoms with Gasteiger partial charge < -0.3 is 37.9 Å². The zero-order valence-corrected chi connectivity index (χ0v) is 16.1. The number of nitrogens with two attached hydrogens (primary N) is 3. The number of carbonyl (C=O) groups excluding carboxylic acids is 3. The summed E-state index contributed by atoms with van der Waals surface area (Å²) < 4.78 is 0. The molecule has 10 N–H and O–H groups in total. The minimum absolute atomic E-state index is 0.0508. The molecule has 0 saturated carbocycles. The second-order valence-corrected chi connectivity index (χ2v) is 6.64. The Labute approximate surface area is 168 Å². The quantitative estimate of drug-likeness (QED) is 0.165. The minimum atomic E-state index is -1.32. The molecular formula is C17H29N7O5. The topological polar surface area (TPSA) is 219 Å². The number of carboxylic acids is 1. The minimum Gasteiger partial charge on any atom is -0.480 e. The Morgan fingerprint density at radius 1 is 1.10 bits per heavy atom. The monoisotopic (exact) mass is 411 g/mol. The molecule has 1 aromatic heterocycles. The van der Waals surface area contributed by atoms with Crippen LogP contribution in [0.4, 0.5) is 0 Å². The Bertz CT molecular complexity index is 680. The van der Waals surface area contributed by atoms with Crippen LogP contribution in [0.5, 0.6) is 0 Å². The SMILES string of the molecule is NCCCCC(N)C(=O)NC(Cc1cnc[nH]1)C(=O)NC(CCC(N)=O)C(=O)O. The molecule has 29 heavy (non-hydrogen) atoms. The molecule has 0 aliphatic heterocycles. The highest BCUT2D eigenvalue weighted by Crippen LogP contribution is 2.04. The summed E-state index contributed by atoms with van der Waals surface area (Å²) in [6.45, 7) is 0.487. The molecule has 3 atom stereocenters. The summed E-state index contributed by atoms with van der Waals surface area (Å²) in [5.41, 5.74) is 16.9. The van der Waals surface area contributed by atoms with Gasteiger partial charge in [-0.25, -0.2) is 9.78 Å². The zero-order valence-electron chi connectivity index (χ0n) is 16.1. The van der Waals surface area contributed by atoms with Crippen molar-refractivity contribution >= 4 is 23.7 Å². The van der Waals surface area contributed by atoms with Crippen LogP contribution in [0.1, 0.15) is 37.8 Å². The molecule has 3 amide bonds. The Morgan fingerprint density at radius 2 is 1.79 bits per heavy atom. The Hall–Kier alpha value is -2.99. The predicted molar refractivity (Wildman–Crippen MR) is 103 cm³/mol. The summed E-state index contributed by atoms with van der Waals surface area (Å²) in [6.07, 6.45) is 4.36. The standard InChI is InChI=1S/C17H29N7O5/c18-6-2-1-3-11(19)15(26)24-13(7-10-8-21-9-22-10)16(27)23-12(17(28)29)4-5-14(20)25/h8-9,11-13H,1-7,18-19H2,(H2,20,25)(H,21,22)(H,23,27)(H,24,26)(H,28,29). The number of amides is 3. The smallest absolute Gasteiger partial charge is 0.326 e. The lowest BCUT2D eigenvalue weighted by atomic mass is 10.1. The van der Waals surface area contributed by atoms with Crippen molar-refractivity contribution in [1.29, 1.82) is 0 Å². The third-order valence-corrected chi connectivity index (χ3v) is 4.21. The number of aliphatic carboxylic acids is 1. The number of primary amides is 1. The molecule has 1 heterocycles. The number of rotatable bonds is 14. The third-order valence-electron chi connectivity index (χ3n) is 4.21. The number of imidazole rings is 1. The van der Waals surface area contributed by atoms with E-state index in [0.29, 0.717) is 25.1 Å². The van der Waals surface area contributed by atoms with Crippen molar-refractivity contribution in [1.82, 2.24) is 20.6 Å². The summed E-state index contributed by atoms with van der Waals surface area (Å²) in [4.78, 5) is 54.0. The fourth-order valence-electron chi connectivity index (χ4n) is 2.56. The van der Waals surface area contributed by atoms with E-state index in [1.54, 1.807) is 0 Å². The highest BCUT2D eigenvalue weighted by atomic mass is 16.4. The molecule has 0 spiro atoms. The van der Waals surface area contributed by atoms with Gasteiger partial charge in [-0.15, -0.1) is 0 Å². The summed E-state index contributed by atoms with van der Waals surface area (Å²) >= 11 is 0. The van der Waals surface area contributed by atoms with Gasteiger partial charge in [0.05, 0.1) is 12.4 Å². The first-order valence-corrected chi connectivity index (χ1v) is 9.29. The Morgan fingerprint density at radius 3 is 2.34 bits per heavy atom. The lowest BCUT2D eigenvalue weighted by Crippen LogP contribution is -2.55. The number of aromatic nitrogens is 2. The fourth-order valence-corrected chi connectivity index (χ4v) is 2.56. The van der Waals surface area contributed by atoms with Crippen molar-refractivity contribution in [2.45, 2.75) is 56.7 Å². The molecule has 12 nitrogen and oxygen atoms in total. The van der Waals surface area contributed by atoms with E-state index in [1.807, 2.05) is 0 Å². The fraction of sp³-hybridized carbons (Fsp3) is 0.588. The van der Waals surface area contributed by atoms with Gasteiger partial charge in [0, 0.05) is 24.7 Å². The van der Waals surface area contributed by atoms with Gasteiger partial charge in [-0.1, -0.05) is 6.42 Å². The van der Waals surface area contributed by atoms with Crippen molar-refractivity contribution < 1.29 is 24.3 Å². The molecule has 0 aliphatic rings. The van der Waals surface area contributed by atoms with Crippen LogP contribution in [0.2, 0.25) is 0 Å². The van der Waals surface area contributed by atoms with Crippen molar-refractivity contribution in [2.75, 3.05) is 6.54 Å². The molecule has 3 unspecified atom stereocenters. The molecule has 0 fully saturated rings. The van der Waals surface area contributed by atoms with Crippen molar-refractivity contribution in [3.63, 3.8) is 0 Å². The summed E-state index contributed by atoms with van der Waals surface area (Å²) in [7, 11) is 0. The lowest BCUT2D eigenvalue weighted by Gasteiger charge is -2.22. The van der Waals surface area contributed by atoms with E-state index in [4.69, 9.17) is 17.2 Å². The number of nitrogens with one attached hydrogen (secondary N) is 3. The van der Waals surface area contributed by atoms with Gasteiger partial charge >= 0.3 is 5.97 Å².